The molecule has 216 valence electrons. The Bertz CT molecular complexity index is 1990. The monoisotopic (exact) mass is 598 g/mol. The smallest absolute Gasteiger partial charge is 0.266 e. The fraction of sp³-hybridized carbons (Fsp3) is 0.0500. The summed E-state index contributed by atoms with van der Waals surface area (Å²) in [5.41, 5.74) is 8.60. The molecule has 45 heavy (non-hydrogen) atoms. The number of anilines is 4. The summed E-state index contributed by atoms with van der Waals surface area (Å²) in [6.45, 7) is 4.81. The lowest BCUT2D eigenvalue weighted by Gasteiger charge is -2.41. The van der Waals surface area contributed by atoms with E-state index in [9.17, 15) is 9.59 Å². The van der Waals surface area contributed by atoms with Crippen molar-refractivity contribution < 1.29 is 9.59 Å². The van der Waals surface area contributed by atoms with Crippen LogP contribution in [0.4, 0.5) is 22.7 Å². The summed E-state index contributed by atoms with van der Waals surface area (Å²) in [4.78, 5) is 31.5. The molecule has 0 N–H and O–H groups in total. The van der Waals surface area contributed by atoms with Gasteiger partial charge in [0.05, 0.1) is 16.8 Å². The van der Waals surface area contributed by atoms with Gasteiger partial charge in [-0.25, -0.2) is 4.90 Å². The first kappa shape index (κ1) is 27.1. The number of imide groups is 1. The molecular formula is C40H30N2O2Si. The second-order valence-electron chi connectivity index (χ2n) is 12.1. The van der Waals surface area contributed by atoms with Crippen LogP contribution in [0.15, 0.2) is 146 Å². The number of nitrogens with zero attached hydrogens (tertiary/aromatic N) is 2. The molecular weight excluding hydrogens is 569 g/mol. The lowest BCUT2D eigenvalue weighted by molar-refractivity contribution is 0.0926. The van der Waals surface area contributed by atoms with E-state index in [2.05, 4.69) is 66.5 Å². The van der Waals surface area contributed by atoms with Gasteiger partial charge in [0.15, 0.2) is 0 Å². The molecule has 2 aliphatic rings. The van der Waals surface area contributed by atoms with Gasteiger partial charge in [0, 0.05) is 17.1 Å². The standard InChI is InChI=1S/C40H30N2O2Si/c1-45(2)37-19-11-9-17-35(37)41(36-18-10-12-20-38(36)45)29-21-23-30(24-22-29)42-39(43)33-25-31(27-13-5-3-6-14-27)32(26-34(33)40(42)44)28-15-7-4-8-16-28/h3-26H,1-2H3. The van der Waals surface area contributed by atoms with Gasteiger partial charge in [-0.1, -0.05) is 110 Å². The first-order valence-electron chi connectivity index (χ1n) is 15.2. The van der Waals surface area contributed by atoms with Crippen molar-refractivity contribution in [1.29, 1.82) is 0 Å². The third-order valence-electron chi connectivity index (χ3n) is 9.20. The van der Waals surface area contributed by atoms with Crippen molar-refractivity contribution in [3.05, 3.63) is 157 Å². The molecule has 0 aromatic heterocycles. The molecule has 2 heterocycles. The second kappa shape index (κ2) is 10.3. The summed E-state index contributed by atoms with van der Waals surface area (Å²) in [5, 5.41) is 2.77. The maximum Gasteiger partial charge on any atom is 0.266 e. The molecule has 5 heteroatoms. The minimum absolute atomic E-state index is 0.305. The molecule has 8 rings (SSSR count). The summed E-state index contributed by atoms with van der Waals surface area (Å²) in [6.07, 6.45) is 0. The Morgan fingerprint density at radius 1 is 0.422 bits per heavy atom. The number of hydrogen-bond donors (Lipinski definition) is 0. The van der Waals surface area contributed by atoms with Crippen LogP contribution < -0.4 is 20.2 Å². The van der Waals surface area contributed by atoms with E-state index in [4.69, 9.17) is 0 Å². The number of carbonyl (C=O) groups excluding carboxylic acids is 2. The zero-order chi connectivity index (χ0) is 30.7. The SMILES string of the molecule is C[Si]1(C)c2ccccc2N(c2ccc(N3C(=O)c4cc(-c5ccccc5)c(-c5ccccc5)cc4C3=O)cc2)c2ccccc21. The average Bonchev–Trinajstić information content (AvgIpc) is 3.33. The number of fused-ring (bicyclic) bond motifs is 3. The molecule has 0 spiro atoms. The summed E-state index contributed by atoms with van der Waals surface area (Å²) in [7, 11) is -1.89. The molecule has 2 amide bonds. The molecule has 0 atom stereocenters. The van der Waals surface area contributed by atoms with Crippen LogP contribution in [0.25, 0.3) is 22.3 Å². The van der Waals surface area contributed by atoms with Crippen LogP contribution >= 0.6 is 0 Å². The Kier molecular flexibility index (Phi) is 6.19. The van der Waals surface area contributed by atoms with Crippen LogP contribution in [-0.2, 0) is 0 Å². The predicted octanol–water partition coefficient (Wildman–Crippen LogP) is 8.43. The lowest BCUT2D eigenvalue weighted by Crippen LogP contribution is -2.58. The van der Waals surface area contributed by atoms with Gasteiger partial charge in [0.1, 0.15) is 8.07 Å². The number of rotatable bonds is 4. The van der Waals surface area contributed by atoms with Gasteiger partial charge in [0.2, 0.25) is 0 Å². The average molecular weight is 599 g/mol. The van der Waals surface area contributed by atoms with E-state index in [-0.39, 0.29) is 11.8 Å². The first-order chi connectivity index (χ1) is 21.9. The van der Waals surface area contributed by atoms with E-state index in [1.165, 1.54) is 26.6 Å². The van der Waals surface area contributed by atoms with E-state index < -0.39 is 8.07 Å². The molecule has 4 nitrogen and oxygen atoms in total. The van der Waals surface area contributed by atoms with Crippen molar-refractivity contribution in [2.45, 2.75) is 13.1 Å². The molecule has 0 aliphatic carbocycles. The van der Waals surface area contributed by atoms with Crippen LogP contribution in [0.5, 0.6) is 0 Å². The maximum atomic E-state index is 13.9. The highest BCUT2D eigenvalue weighted by Crippen LogP contribution is 2.41. The fourth-order valence-corrected chi connectivity index (χ4v) is 9.92. The van der Waals surface area contributed by atoms with Crippen LogP contribution in [0, 0.1) is 0 Å². The van der Waals surface area contributed by atoms with Crippen LogP contribution in [0.3, 0.4) is 0 Å². The molecule has 0 unspecified atom stereocenters. The minimum atomic E-state index is -1.89. The Morgan fingerprint density at radius 2 is 0.800 bits per heavy atom. The van der Waals surface area contributed by atoms with E-state index in [0.29, 0.717) is 16.8 Å². The topological polar surface area (TPSA) is 40.6 Å². The highest BCUT2D eigenvalue weighted by molar-refractivity contribution is 7.02. The second-order valence-corrected chi connectivity index (χ2v) is 16.5. The molecule has 6 aromatic rings. The van der Waals surface area contributed by atoms with Gasteiger partial charge in [-0.3, -0.25) is 9.59 Å². The Balaban J connectivity index is 1.20. The zero-order valence-corrected chi connectivity index (χ0v) is 26.1. The highest BCUT2D eigenvalue weighted by Gasteiger charge is 2.40. The molecule has 0 radical (unpaired) electrons. The van der Waals surface area contributed by atoms with Crippen LogP contribution in [0.1, 0.15) is 20.7 Å². The summed E-state index contributed by atoms with van der Waals surface area (Å²) in [5.74, 6) is -0.609. The zero-order valence-electron chi connectivity index (χ0n) is 25.1. The normalized spacial score (nSPS) is 14.6. The third-order valence-corrected chi connectivity index (χ3v) is 12.7. The molecule has 2 aliphatic heterocycles. The van der Waals surface area contributed by atoms with E-state index >= 15 is 0 Å². The van der Waals surface area contributed by atoms with Crippen molar-refractivity contribution in [2.24, 2.45) is 0 Å². The minimum Gasteiger partial charge on any atom is -0.311 e. The Morgan fingerprint density at radius 3 is 1.24 bits per heavy atom. The predicted molar refractivity (Wildman–Crippen MR) is 186 cm³/mol. The summed E-state index contributed by atoms with van der Waals surface area (Å²) >= 11 is 0. The van der Waals surface area contributed by atoms with E-state index in [1.54, 1.807) is 0 Å². The third kappa shape index (κ3) is 4.19. The largest absolute Gasteiger partial charge is 0.311 e. The summed E-state index contributed by atoms with van der Waals surface area (Å²) < 4.78 is 0. The van der Waals surface area contributed by atoms with Crippen LogP contribution in [0.2, 0.25) is 13.1 Å². The van der Waals surface area contributed by atoms with Crippen LogP contribution in [-0.4, -0.2) is 19.9 Å². The molecule has 0 fully saturated rings. The number of para-hydroxylation sites is 2. The van der Waals surface area contributed by atoms with Gasteiger partial charge in [-0.15, -0.1) is 0 Å². The number of carbonyl (C=O) groups is 2. The fourth-order valence-electron chi connectivity index (χ4n) is 6.93. The Labute approximate surface area is 263 Å². The quantitative estimate of drug-likeness (QED) is 0.151. The maximum absolute atomic E-state index is 13.9. The first-order valence-corrected chi connectivity index (χ1v) is 18.2. The van der Waals surface area contributed by atoms with Gasteiger partial charge in [-0.05, 0) is 81.2 Å². The van der Waals surface area contributed by atoms with Gasteiger partial charge in [-0.2, -0.15) is 0 Å². The van der Waals surface area contributed by atoms with Crippen molar-refractivity contribution in [1.82, 2.24) is 0 Å². The number of amides is 2. The molecule has 0 saturated heterocycles. The van der Waals surface area contributed by atoms with Gasteiger partial charge < -0.3 is 4.90 Å². The lowest BCUT2D eigenvalue weighted by atomic mass is 9.90. The number of benzene rings is 6. The molecule has 0 saturated carbocycles. The highest BCUT2D eigenvalue weighted by atomic mass is 28.3. The molecule has 6 aromatic carbocycles. The van der Waals surface area contributed by atoms with Crippen molar-refractivity contribution in [3.63, 3.8) is 0 Å². The Hall–Kier alpha value is -5.52. The van der Waals surface area contributed by atoms with Gasteiger partial charge in [0.25, 0.3) is 11.8 Å². The van der Waals surface area contributed by atoms with E-state index in [0.717, 1.165) is 27.9 Å². The van der Waals surface area contributed by atoms with Crippen molar-refractivity contribution >= 4 is 53.0 Å². The van der Waals surface area contributed by atoms with Crippen molar-refractivity contribution in [2.75, 3.05) is 9.80 Å². The summed E-state index contributed by atoms with van der Waals surface area (Å²) in [6, 6.07) is 48.9. The van der Waals surface area contributed by atoms with Crippen molar-refractivity contribution in [3.8, 4) is 22.3 Å². The molecule has 0 bridgehead atoms. The number of hydrogen-bond acceptors (Lipinski definition) is 3. The van der Waals surface area contributed by atoms with E-state index in [1.807, 2.05) is 97.1 Å². The van der Waals surface area contributed by atoms with Gasteiger partial charge >= 0.3 is 0 Å².